The van der Waals surface area contributed by atoms with Gasteiger partial charge >= 0.3 is 5.97 Å². The van der Waals surface area contributed by atoms with Gasteiger partial charge in [0.05, 0.1) is 5.69 Å². The quantitative estimate of drug-likeness (QED) is 0.681. The van der Waals surface area contributed by atoms with Crippen LogP contribution in [0.5, 0.6) is 0 Å². The molecule has 0 fully saturated rings. The second-order valence-electron chi connectivity index (χ2n) is 6.07. The summed E-state index contributed by atoms with van der Waals surface area (Å²) in [7, 11) is 0. The second-order valence-corrected chi connectivity index (χ2v) is 6.07. The van der Waals surface area contributed by atoms with Crippen LogP contribution in [-0.2, 0) is 4.79 Å². The van der Waals surface area contributed by atoms with Crippen molar-refractivity contribution in [3.8, 4) is 0 Å². The first-order valence-corrected chi connectivity index (χ1v) is 8.48. The molecule has 24 heavy (non-hydrogen) atoms. The Morgan fingerprint density at radius 1 is 1.17 bits per heavy atom. The highest BCUT2D eigenvalue weighted by atomic mass is 16.4. The molecule has 1 aromatic carbocycles. The van der Waals surface area contributed by atoms with Crippen LogP contribution in [0.1, 0.15) is 55.8 Å². The van der Waals surface area contributed by atoms with E-state index in [-0.39, 0.29) is 12.3 Å². The van der Waals surface area contributed by atoms with Crippen molar-refractivity contribution in [1.29, 1.82) is 0 Å². The number of hydrogen-bond acceptors (Lipinski definition) is 4. The highest BCUT2D eigenvalue weighted by Crippen LogP contribution is 2.19. The zero-order valence-corrected chi connectivity index (χ0v) is 14.1. The zero-order chi connectivity index (χ0) is 17.4. The fourth-order valence-corrected chi connectivity index (χ4v) is 2.60. The van der Waals surface area contributed by atoms with E-state index in [9.17, 15) is 9.59 Å². The predicted octanol–water partition coefficient (Wildman–Crippen LogP) is 3.04. The lowest BCUT2D eigenvalue weighted by molar-refractivity contribution is -0.137. The summed E-state index contributed by atoms with van der Waals surface area (Å²) in [6, 6.07) is 7.48. The number of nitrogens with zero attached hydrogens (tertiary/aromatic N) is 2. The highest BCUT2D eigenvalue weighted by Gasteiger charge is 2.13. The smallest absolute Gasteiger partial charge is 0.303 e. The molecule has 0 aromatic heterocycles. The molecule has 2 N–H and O–H groups in total. The monoisotopic (exact) mass is 331 g/mol. The van der Waals surface area contributed by atoms with Crippen molar-refractivity contribution in [2.45, 2.75) is 45.4 Å². The molecule has 0 aliphatic carbocycles. The van der Waals surface area contributed by atoms with E-state index in [1.165, 1.54) is 0 Å². The molecule has 6 heteroatoms. The predicted molar refractivity (Wildman–Crippen MR) is 94.6 cm³/mol. The summed E-state index contributed by atoms with van der Waals surface area (Å²) in [5.74, 6) is -0.824. The Morgan fingerprint density at radius 3 is 2.50 bits per heavy atom. The minimum atomic E-state index is -0.749. The fourth-order valence-electron chi connectivity index (χ4n) is 2.60. The Labute approximate surface area is 142 Å². The van der Waals surface area contributed by atoms with Crippen molar-refractivity contribution in [2.75, 3.05) is 18.1 Å². The van der Waals surface area contributed by atoms with Crippen LogP contribution in [0.25, 0.3) is 0 Å². The number of amides is 1. The number of hydrazone groups is 1. The van der Waals surface area contributed by atoms with E-state index in [1.54, 1.807) is 0 Å². The van der Waals surface area contributed by atoms with Gasteiger partial charge in [-0.05, 0) is 44.0 Å². The maximum Gasteiger partial charge on any atom is 0.303 e. The third-order valence-corrected chi connectivity index (χ3v) is 4.01. The Balaban J connectivity index is 1.68. The number of anilines is 1. The van der Waals surface area contributed by atoms with Crippen LogP contribution < -0.4 is 10.3 Å². The van der Waals surface area contributed by atoms with Crippen molar-refractivity contribution < 1.29 is 14.7 Å². The van der Waals surface area contributed by atoms with E-state index < -0.39 is 5.97 Å². The van der Waals surface area contributed by atoms with Crippen LogP contribution in [0.3, 0.4) is 0 Å². The van der Waals surface area contributed by atoms with Crippen LogP contribution in [0.4, 0.5) is 5.69 Å². The number of carboxylic acid groups (broad SMARTS) is 1. The standard InChI is InChI=1S/C18H25N3O3/c1-14-11-13-21(20-14)16-9-7-15(8-10-16)18(24)19-12-5-3-2-4-6-17(22)23/h7-10H,2-6,11-13H2,1H3,(H,19,24)(H,22,23). The first-order chi connectivity index (χ1) is 11.6. The topological polar surface area (TPSA) is 82.0 Å². The molecule has 0 spiro atoms. The number of carbonyl (C=O) groups is 2. The number of rotatable bonds is 9. The summed E-state index contributed by atoms with van der Waals surface area (Å²) in [4.78, 5) is 22.5. The third kappa shape index (κ3) is 5.68. The fraction of sp³-hybridized carbons (Fsp3) is 0.500. The van der Waals surface area contributed by atoms with Crippen molar-refractivity contribution in [2.24, 2.45) is 5.10 Å². The first kappa shape index (κ1) is 18.0. The number of aliphatic carboxylic acids is 1. The summed E-state index contributed by atoms with van der Waals surface area (Å²) < 4.78 is 0. The van der Waals surface area contributed by atoms with Gasteiger partial charge < -0.3 is 10.4 Å². The van der Waals surface area contributed by atoms with Crippen LogP contribution >= 0.6 is 0 Å². The summed E-state index contributed by atoms with van der Waals surface area (Å²) in [5, 5.41) is 17.8. The Kier molecular flexibility index (Phi) is 6.78. The molecule has 0 saturated carbocycles. The lowest BCUT2D eigenvalue weighted by Gasteiger charge is -2.14. The minimum absolute atomic E-state index is 0.0758. The van der Waals surface area contributed by atoms with Gasteiger partial charge in [0.25, 0.3) is 5.91 Å². The molecule has 1 heterocycles. The molecule has 0 radical (unpaired) electrons. The Morgan fingerprint density at radius 2 is 1.88 bits per heavy atom. The number of carbonyl (C=O) groups excluding carboxylic acids is 1. The van der Waals surface area contributed by atoms with Gasteiger partial charge in [-0.3, -0.25) is 14.6 Å². The van der Waals surface area contributed by atoms with E-state index in [2.05, 4.69) is 10.4 Å². The molecule has 6 nitrogen and oxygen atoms in total. The number of carboxylic acids is 1. The molecule has 1 aromatic rings. The average Bonchev–Trinajstić information content (AvgIpc) is 3.00. The van der Waals surface area contributed by atoms with Crippen LogP contribution in [0, 0.1) is 0 Å². The van der Waals surface area contributed by atoms with E-state index in [0.717, 1.165) is 43.6 Å². The molecule has 0 saturated heterocycles. The van der Waals surface area contributed by atoms with Crippen LogP contribution in [0.15, 0.2) is 29.4 Å². The van der Waals surface area contributed by atoms with Crippen LogP contribution in [0.2, 0.25) is 0 Å². The molecule has 1 aliphatic heterocycles. The van der Waals surface area contributed by atoms with Gasteiger partial charge in [0.2, 0.25) is 0 Å². The average molecular weight is 331 g/mol. The van der Waals surface area contributed by atoms with Gasteiger partial charge in [-0.1, -0.05) is 12.8 Å². The lowest BCUT2D eigenvalue weighted by Crippen LogP contribution is -2.24. The van der Waals surface area contributed by atoms with E-state index >= 15 is 0 Å². The molecule has 0 bridgehead atoms. The largest absolute Gasteiger partial charge is 0.481 e. The Bertz CT molecular complexity index is 596. The number of nitrogens with one attached hydrogen (secondary N) is 1. The lowest BCUT2D eigenvalue weighted by atomic mass is 10.1. The molecule has 1 amide bonds. The second kappa shape index (κ2) is 9.05. The summed E-state index contributed by atoms with van der Waals surface area (Å²) in [6.07, 6.45) is 4.58. The summed E-state index contributed by atoms with van der Waals surface area (Å²) >= 11 is 0. The van der Waals surface area contributed by atoms with Crippen molar-refractivity contribution in [1.82, 2.24) is 5.32 Å². The van der Waals surface area contributed by atoms with E-state index in [0.29, 0.717) is 18.5 Å². The van der Waals surface area contributed by atoms with Crippen molar-refractivity contribution in [3.63, 3.8) is 0 Å². The molecule has 0 atom stereocenters. The van der Waals surface area contributed by atoms with E-state index in [4.69, 9.17) is 5.11 Å². The number of unbranched alkanes of at least 4 members (excludes halogenated alkanes) is 3. The molecule has 0 unspecified atom stereocenters. The van der Waals surface area contributed by atoms with Gasteiger partial charge in [0, 0.05) is 37.2 Å². The number of hydrogen-bond donors (Lipinski definition) is 2. The SMILES string of the molecule is CC1=NN(c2ccc(C(=O)NCCCCCCC(=O)O)cc2)CC1. The van der Waals surface area contributed by atoms with Gasteiger partial charge in [0.1, 0.15) is 0 Å². The van der Waals surface area contributed by atoms with Gasteiger partial charge in [-0.25, -0.2) is 0 Å². The summed E-state index contributed by atoms with van der Waals surface area (Å²) in [5.41, 5.74) is 2.77. The van der Waals surface area contributed by atoms with Gasteiger partial charge in [0.15, 0.2) is 0 Å². The maximum absolute atomic E-state index is 12.1. The molecular weight excluding hydrogens is 306 g/mol. The molecule has 130 valence electrons. The van der Waals surface area contributed by atoms with Gasteiger partial charge in [-0.15, -0.1) is 0 Å². The normalized spacial score (nSPS) is 13.7. The zero-order valence-electron chi connectivity index (χ0n) is 14.1. The number of benzene rings is 1. The minimum Gasteiger partial charge on any atom is -0.481 e. The molecule has 2 rings (SSSR count). The Hall–Kier alpha value is -2.37. The van der Waals surface area contributed by atoms with Gasteiger partial charge in [-0.2, -0.15) is 5.10 Å². The highest BCUT2D eigenvalue weighted by molar-refractivity contribution is 5.94. The van der Waals surface area contributed by atoms with Crippen molar-refractivity contribution >= 4 is 23.3 Å². The van der Waals surface area contributed by atoms with E-state index in [1.807, 2.05) is 36.2 Å². The maximum atomic E-state index is 12.1. The summed E-state index contributed by atoms with van der Waals surface area (Å²) in [6.45, 7) is 3.52. The molecule has 1 aliphatic rings. The first-order valence-electron chi connectivity index (χ1n) is 8.48. The molecular formula is C18H25N3O3. The third-order valence-electron chi connectivity index (χ3n) is 4.01. The van der Waals surface area contributed by atoms with Crippen LogP contribution in [-0.4, -0.2) is 35.8 Å². The van der Waals surface area contributed by atoms with Crippen molar-refractivity contribution in [3.05, 3.63) is 29.8 Å².